The molecule has 27 heavy (non-hydrogen) atoms. The Morgan fingerprint density at radius 3 is 2.56 bits per heavy atom. The molecule has 0 saturated carbocycles. The van der Waals surface area contributed by atoms with Crippen LogP contribution in [0.3, 0.4) is 0 Å². The molecule has 3 aromatic rings. The molecule has 7 heteroatoms. The summed E-state index contributed by atoms with van der Waals surface area (Å²) in [6.07, 6.45) is 1.93. The van der Waals surface area contributed by atoms with Gasteiger partial charge in [0.2, 0.25) is 5.91 Å². The van der Waals surface area contributed by atoms with E-state index in [4.69, 9.17) is 4.74 Å². The fraction of sp³-hybridized carbons (Fsp3) is 0.250. The number of carbonyl (C=O) groups is 1. The first kappa shape index (κ1) is 17.6. The van der Waals surface area contributed by atoms with Crippen LogP contribution in [0.15, 0.2) is 60.8 Å². The molecular formula is C20H20N4O2S. The molecule has 1 atom stereocenters. The zero-order chi connectivity index (χ0) is 18.6. The normalized spacial score (nSPS) is 16.7. The van der Waals surface area contributed by atoms with E-state index in [1.165, 1.54) is 0 Å². The van der Waals surface area contributed by atoms with Crippen LogP contribution < -0.4 is 4.74 Å². The minimum Gasteiger partial charge on any atom is -0.497 e. The molecule has 1 amide bonds. The Bertz CT molecular complexity index is 911. The summed E-state index contributed by atoms with van der Waals surface area (Å²) in [5.74, 6) is 1.44. The highest BCUT2D eigenvalue weighted by atomic mass is 32.2. The van der Waals surface area contributed by atoms with Crippen LogP contribution in [-0.4, -0.2) is 38.7 Å². The van der Waals surface area contributed by atoms with Gasteiger partial charge >= 0.3 is 0 Å². The maximum absolute atomic E-state index is 12.4. The highest BCUT2D eigenvalue weighted by Crippen LogP contribution is 2.38. The summed E-state index contributed by atoms with van der Waals surface area (Å²) < 4.78 is 6.99. The van der Waals surface area contributed by atoms with Crippen molar-refractivity contribution < 1.29 is 9.53 Å². The molecule has 0 N–H and O–H groups in total. The number of rotatable bonds is 6. The molecule has 4 rings (SSSR count). The van der Waals surface area contributed by atoms with Crippen molar-refractivity contribution in [1.82, 2.24) is 19.9 Å². The molecule has 0 aliphatic carbocycles. The van der Waals surface area contributed by atoms with E-state index in [0.717, 1.165) is 22.6 Å². The molecular weight excluding hydrogens is 360 g/mol. The summed E-state index contributed by atoms with van der Waals surface area (Å²) in [6, 6.07) is 17.9. The molecule has 1 saturated heterocycles. The predicted octanol–water partition coefficient (Wildman–Crippen LogP) is 3.11. The van der Waals surface area contributed by atoms with Crippen molar-refractivity contribution in [2.45, 2.75) is 18.5 Å². The number of ether oxygens (including phenoxy) is 1. The maximum atomic E-state index is 12.4. The second kappa shape index (κ2) is 7.84. The van der Waals surface area contributed by atoms with E-state index in [9.17, 15) is 4.79 Å². The molecule has 2 heterocycles. The molecule has 1 aromatic heterocycles. The van der Waals surface area contributed by atoms with Crippen LogP contribution in [0.2, 0.25) is 0 Å². The molecule has 1 fully saturated rings. The first-order valence-corrected chi connectivity index (χ1v) is 9.76. The van der Waals surface area contributed by atoms with Crippen molar-refractivity contribution in [3.05, 3.63) is 77.6 Å². The molecule has 0 radical (unpaired) electrons. The van der Waals surface area contributed by atoms with Crippen molar-refractivity contribution in [2.75, 3.05) is 12.9 Å². The van der Waals surface area contributed by atoms with Crippen LogP contribution >= 0.6 is 11.8 Å². The van der Waals surface area contributed by atoms with Crippen LogP contribution in [0, 0.1) is 0 Å². The Labute approximate surface area is 162 Å². The lowest BCUT2D eigenvalue weighted by molar-refractivity contribution is -0.128. The minimum atomic E-state index is -0.0951. The Morgan fingerprint density at radius 2 is 1.81 bits per heavy atom. The maximum Gasteiger partial charge on any atom is 0.234 e. The van der Waals surface area contributed by atoms with Gasteiger partial charge in [0.1, 0.15) is 16.8 Å². The number of aromatic nitrogens is 3. The third-order valence-corrected chi connectivity index (χ3v) is 5.70. The predicted molar refractivity (Wildman–Crippen MR) is 104 cm³/mol. The molecule has 1 aliphatic rings. The molecule has 0 bridgehead atoms. The quantitative estimate of drug-likeness (QED) is 0.658. The van der Waals surface area contributed by atoms with Gasteiger partial charge in [0.15, 0.2) is 0 Å². The molecule has 0 spiro atoms. The third-order valence-electron chi connectivity index (χ3n) is 4.48. The monoisotopic (exact) mass is 380 g/mol. The van der Waals surface area contributed by atoms with Crippen molar-refractivity contribution >= 4 is 17.7 Å². The fourth-order valence-electron chi connectivity index (χ4n) is 3.07. The van der Waals surface area contributed by atoms with Crippen molar-refractivity contribution in [3.63, 3.8) is 0 Å². The molecule has 1 aliphatic heterocycles. The van der Waals surface area contributed by atoms with Gasteiger partial charge in [0.25, 0.3) is 0 Å². The third kappa shape index (κ3) is 3.98. The number of carbonyl (C=O) groups excluding carboxylic acids is 1. The van der Waals surface area contributed by atoms with Crippen LogP contribution in [0.4, 0.5) is 0 Å². The number of methoxy groups -OCH3 is 1. The van der Waals surface area contributed by atoms with E-state index in [1.807, 2.05) is 65.7 Å². The van der Waals surface area contributed by atoms with Gasteiger partial charge < -0.3 is 9.64 Å². The topological polar surface area (TPSA) is 60.2 Å². The number of benzene rings is 2. The van der Waals surface area contributed by atoms with Gasteiger partial charge in [0, 0.05) is 6.54 Å². The average molecular weight is 380 g/mol. The highest BCUT2D eigenvalue weighted by Gasteiger charge is 2.34. The van der Waals surface area contributed by atoms with Gasteiger partial charge in [-0.1, -0.05) is 47.7 Å². The lowest BCUT2D eigenvalue weighted by Crippen LogP contribution is -2.27. The summed E-state index contributed by atoms with van der Waals surface area (Å²) in [4.78, 5) is 14.2. The zero-order valence-electron chi connectivity index (χ0n) is 15.0. The van der Waals surface area contributed by atoms with Crippen LogP contribution in [-0.2, 0) is 17.9 Å². The van der Waals surface area contributed by atoms with Crippen LogP contribution in [0.5, 0.6) is 5.75 Å². The lowest BCUT2D eigenvalue weighted by atomic mass is 10.2. The SMILES string of the molecule is COc1ccc(Cn2cc(C3SCC(=O)N3Cc3ccccc3)nn2)cc1. The molecule has 1 unspecified atom stereocenters. The van der Waals surface area contributed by atoms with Crippen LogP contribution in [0.1, 0.15) is 22.2 Å². The van der Waals surface area contributed by atoms with Gasteiger partial charge in [-0.05, 0) is 23.3 Å². The van der Waals surface area contributed by atoms with Gasteiger partial charge in [-0.3, -0.25) is 4.79 Å². The first-order valence-electron chi connectivity index (χ1n) is 8.71. The lowest BCUT2D eigenvalue weighted by Gasteiger charge is -2.22. The number of amides is 1. The van der Waals surface area contributed by atoms with Gasteiger partial charge in [-0.2, -0.15) is 0 Å². The molecule has 138 valence electrons. The van der Waals surface area contributed by atoms with Gasteiger partial charge in [0.05, 0.1) is 25.6 Å². The van der Waals surface area contributed by atoms with Crippen LogP contribution in [0.25, 0.3) is 0 Å². The first-order chi connectivity index (χ1) is 13.2. The van der Waals surface area contributed by atoms with E-state index in [-0.39, 0.29) is 11.3 Å². The van der Waals surface area contributed by atoms with Crippen molar-refractivity contribution in [3.8, 4) is 5.75 Å². The van der Waals surface area contributed by atoms with Gasteiger partial charge in [-0.15, -0.1) is 16.9 Å². The highest BCUT2D eigenvalue weighted by molar-refractivity contribution is 8.00. The largest absolute Gasteiger partial charge is 0.497 e. The summed E-state index contributed by atoms with van der Waals surface area (Å²) in [5.41, 5.74) is 3.04. The molecule has 6 nitrogen and oxygen atoms in total. The number of hydrogen-bond acceptors (Lipinski definition) is 5. The standard InChI is InChI=1S/C20H20N4O2S/c1-26-17-9-7-16(8-10-17)11-23-13-18(21-22-23)20-24(19(25)14-27-20)12-15-5-3-2-4-6-15/h2-10,13,20H,11-12,14H2,1H3. The number of hydrogen-bond donors (Lipinski definition) is 0. The van der Waals surface area contributed by atoms with E-state index >= 15 is 0 Å². The Morgan fingerprint density at radius 1 is 1.07 bits per heavy atom. The zero-order valence-corrected chi connectivity index (χ0v) is 15.8. The summed E-state index contributed by atoms with van der Waals surface area (Å²) in [7, 11) is 1.65. The summed E-state index contributed by atoms with van der Waals surface area (Å²) >= 11 is 1.60. The van der Waals surface area contributed by atoms with Crippen molar-refractivity contribution in [1.29, 1.82) is 0 Å². The Kier molecular flexibility index (Phi) is 5.11. The second-order valence-electron chi connectivity index (χ2n) is 6.36. The van der Waals surface area contributed by atoms with Crippen molar-refractivity contribution in [2.24, 2.45) is 0 Å². The fourth-order valence-corrected chi connectivity index (χ4v) is 4.19. The average Bonchev–Trinajstić information content (AvgIpc) is 3.30. The Hall–Kier alpha value is -2.80. The number of thioether (sulfide) groups is 1. The Balaban J connectivity index is 1.48. The smallest absolute Gasteiger partial charge is 0.234 e. The summed E-state index contributed by atoms with van der Waals surface area (Å²) in [5, 5.41) is 8.48. The van der Waals surface area contributed by atoms with E-state index < -0.39 is 0 Å². The van der Waals surface area contributed by atoms with E-state index in [1.54, 1.807) is 23.6 Å². The second-order valence-corrected chi connectivity index (χ2v) is 7.43. The summed E-state index contributed by atoms with van der Waals surface area (Å²) in [6.45, 7) is 1.21. The van der Waals surface area contributed by atoms with Gasteiger partial charge in [-0.25, -0.2) is 4.68 Å². The van der Waals surface area contributed by atoms with E-state index in [2.05, 4.69) is 10.3 Å². The molecule has 2 aromatic carbocycles. The number of nitrogens with zero attached hydrogens (tertiary/aromatic N) is 4. The van der Waals surface area contributed by atoms with E-state index in [0.29, 0.717) is 18.8 Å². The minimum absolute atomic E-state index is 0.0951.